The maximum atomic E-state index is 15.0. The molecule has 0 radical (unpaired) electrons. The van der Waals surface area contributed by atoms with Crippen LogP contribution in [0, 0.1) is 15.9 Å². The molecule has 1 aliphatic rings. The molecule has 5 rings (SSSR count). The van der Waals surface area contributed by atoms with Gasteiger partial charge in [-0.2, -0.15) is 0 Å². The number of hydrogen-bond donors (Lipinski definition) is 2. The van der Waals surface area contributed by atoms with Gasteiger partial charge >= 0.3 is 5.97 Å². The quantitative estimate of drug-likeness (QED) is 0.303. The largest absolute Gasteiger partial charge is 0.477 e. The number of carboxylic acid groups (broad SMARTS) is 1. The molecule has 36 heavy (non-hydrogen) atoms. The van der Waals surface area contributed by atoms with Crippen molar-refractivity contribution >= 4 is 39.5 Å². The summed E-state index contributed by atoms with van der Waals surface area (Å²) in [6, 6.07) is 5.54. The Bertz CT molecular complexity index is 1570. The van der Waals surface area contributed by atoms with Gasteiger partial charge in [-0.25, -0.2) is 19.2 Å². The number of nitro benzene ring substituents is 1. The number of nitrogens with zero attached hydrogens (tertiary/aromatic N) is 6. The standard InChI is InChI=1S/C23H22FN7O5/c1-2-29-11-15(23(33)34)20(32)14-10-16(24)22(27-21(14)29)30-7-5-28(6-8-30)12-19-25-17-4-3-13(31(35)36)9-18(17)26-19/h3-4,9-11H,2,5-8,12H2,1H3,(H,25,26)(H,33,34). The number of benzene rings is 1. The third kappa shape index (κ3) is 4.13. The van der Waals surface area contributed by atoms with Crippen LogP contribution < -0.4 is 10.3 Å². The van der Waals surface area contributed by atoms with Gasteiger partial charge in [0.1, 0.15) is 17.0 Å². The normalized spacial score (nSPS) is 14.6. The number of nitro groups is 1. The van der Waals surface area contributed by atoms with Gasteiger partial charge in [0, 0.05) is 51.1 Å². The van der Waals surface area contributed by atoms with Gasteiger partial charge in [0.15, 0.2) is 11.6 Å². The average Bonchev–Trinajstić information content (AvgIpc) is 3.26. The number of aromatic nitrogens is 4. The number of aryl methyl sites for hydroxylation is 1. The van der Waals surface area contributed by atoms with Crippen LogP contribution in [-0.2, 0) is 13.1 Å². The van der Waals surface area contributed by atoms with E-state index < -0.39 is 27.7 Å². The van der Waals surface area contributed by atoms with Crippen LogP contribution in [-0.4, -0.2) is 66.6 Å². The Kier molecular flexibility index (Phi) is 5.84. The Hall–Kier alpha value is -4.39. The molecular formula is C23H22FN7O5. The van der Waals surface area contributed by atoms with Crippen molar-refractivity contribution in [1.82, 2.24) is 24.4 Å². The lowest BCUT2D eigenvalue weighted by Crippen LogP contribution is -2.46. The molecule has 0 aliphatic carbocycles. The number of rotatable bonds is 6. The molecule has 1 fully saturated rings. The lowest BCUT2D eigenvalue weighted by Gasteiger charge is -2.35. The molecule has 186 valence electrons. The van der Waals surface area contributed by atoms with Crippen LogP contribution in [0.3, 0.4) is 0 Å². The molecule has 0 atom stereocenters. The number of anilines is 1. The average molecular weight is 495 g/mol. The molecule has 0 unspecified atom stereocenters. The molecule has 3 aromatic heterocycles. The Balaban J connectivity index is 1.34. The monoisotopic (exact) mass is 495 g/mol. The number of non-ortho nitro benzene ring substituents is 1. The highest BCUT2D eigenvalue weighted by Crippen LogP contribution is 2.24. The second kappa shape index (κ2) is 9.00. The molecule has 4 aromatic rings. The van der Waals surface area contributed by atoms with Gasteiger partial charge in [0.25, 0.3) is 5.69 Å². The summed E-state index contributed by atoms with van der Waals surface area (Å²) in [5.74, 6) is -1.26. The summed E-state index contributed by atoms with van der Waals surface area (Å²) in [5, 5.41) is 20.2. The van der Waals surface area contributed by atoms with Gasteiger partial charge < -0.3 is 19.6 Å². The van der Waals surface area contributed by atoms with Gasteiger partial charge in [0.2, 0.25) is 5.43 Å². The van der Waals surface area contributed by atoms with E-state index >= 15 is 4.39 Å². The maximum Gasteiger partial charge on any atom is 0.341 e. The summed E-state index contributed by atoms with van der Waals surface area (Å²) in [4.78, 5) is 50.5. The minimum atomic E-state index is -1.37. The number of halogens is 1. The highest BCUT2D eigenvalue weighted by atomic mass is 19.1. The molecule has 0 amide bonds. The second-order valence-electron chi connectivity index (χ2n) is 8.53. The van der Waals surface area contributed by atoms with E-state index in [1.54, 1.807) is 17.9 Å². The number of nitrogens with one attached hydrogen (secondary N) is 1. The summed E-state index contributed by atoms with van der Waals surface area (Å²) in [6.07, 6.45) is 1.24. The molecule has 1 aliphatic heterocycles. The summed E-state index contributed by atoms with van der Waals surface area (Å²) in [7, 11) is 0. The van der Waals surface area contributed by atoms with Crippen molar-refractivity contribution in [3.63, 3.8) is 0 Å². The molecule has 0 spiro atoms. The number of aromatic amines is 1. The Morgan fingerprint density at radius 2 is 1.97 bits per heavy atom. The molecule has 0 bridgehead atoms. The fourth-order valence-corrected chi connectivity index (χ4v) is 4.46. The SMILES string of the molecule is CCn1cc(C(=O)O)c(=O)c2cc(F)c(N3CCN(Cc4nc5ccc([N+](=O)[O-])cc5[nH]4)CC3)nc21. The van der Waals surface area contributed by atoms with Crippen LogP contribution in [0.25, 0.3) is 22.1 Å². The van der Waals surface area contributed by atoms with E-state index in [4.69, 9.17) is 0 Å². The van der Waals surface area contributed by atoms with Gasteiger partial charge in [-0.15, -0.1) is 0 Å². The number of carbonyl (C=O) groups is 1. The lowest BCUT2D eigenvalue weighted by molar-refractivity contribution is -0.384. The van der Waals surface area contributed by atoms with Gasteiger partial charge in [0.05, 0.1) is 27.9 Å². The number of piperazine rings is 1. The minimum absolute atomic E-state index is 0.0103. The summed E-state index contributed by atoms with van der Waals surface area (Å²) in [6.45, 7) is 4.79. The Morgan fingerprint density at radius 3 is 2.64 bits per heavy atom. The third-order valence-corrected chi connectivity index (χ3v) is 6.33. The van der Waals surface area contributed by atoms with Crippen LogP contribution in [0.4, 0.5) is 15.9 Å². The van der Waals surface area contributed by atoms with Crippen molar-refractivity contribution in [2.75, 3.05) is 31.1 Å². The van der Waals surface area contributed by atoms with E-state index in [0.29, 0.717) is 56.1 Å². The van der Waals surface area contributed by atoms with Gasteiger partial charge in [-0.1, -0.05) is 0 Å². The zero-order chi connectivity index (χ0) is 25.6. The molecule has 1 saturated heterocycles. The van der Waals surface area contributed by atoms with Crippen molar-refractivity contribution in [2.45, 2.75) is 20.0 Å². The van der Waals surface area contributed by atoms with E-state index in [2.05, 4.69) is 19.9 Å². The Morgan fingerprint density at radius 1 is 1.22 bits per heavy atom. The van der Waals surface area contributed by atoms with E-state index in [1.807, 2.05) is 0 Å². The molecule has 2 N–H and O–H groups in total. The second-order valence-corrected chi connectivity index (χ2v) is 8.53. The summed E-state index contributed by atoms with van der Waals surface area (Å²) in [5.41, 5.74) is 0.276. The highest BCUT2D eigenvalue weighted by molar-refractivity contribution is 5.92. The first-order chi connectivity index (χ1) is 17.2. The van der Waals surface area contributed by atoms with Crippen LogP contribution in [0.5, 0.6) is 0 Å². The predicted octanol–water partition coefficient (Wildman–Crippen LogP) is 2.36. The van der Waals surface area contributed by atoms with E-state index in [9.17, 15) is 24.8 Å². The van der Waals surface area contributed by atoms with Crippen molar-refractivity contribution in [3.8, 4) is 0 Å². The fraction of sp³-hybridized carbons (Fsp3) is 0.304. The first kappa shape index (κ1) is 23.4. The lowest BCUT2D eigenvalue weighted by atomic mass is 10.2. The number of fused-ring (bicyclic) bond motifs is 2. The summed E-state index contributed by atoms with van der Waals surface area (Å²) >= 11 is 0. The van der Waals surface area contributed by atoms with Crippen molar-refractivity contribution in [3.05, 3.63) is 68.0 Å². The van der Waals surface area contributed by atoms with Crippen molar-refractivity contribution in [2.24, 2.45) is 0 Å². The highest BCUT2D eigenvalue weighted by Gasteiger charge is 2.24. The topological polar surface area (TPSA) is 150 Å². The number of aromatic carboxylic acids is 1. The van der Waals surface area contributed by atoms with Gasteiger partial charge in [-0.05, 0) is 19.1 Å². The molecule has 12 nitrogen and oxygen atoms in total. The molecule has 13 heteroatoms. The smallest absolute Gasteiger partial charge is 0.341 e. The van der Waals surface area contributed by atoms with E-state index in [1.165, 1.54) is 22.9 Å². The Labute approximate surface area is 202 Å². The maximum absolute atomic E-state index is 15.0. The minimum Gasteiger partial charge on any atom is -0.477 e. The number of H-pyrrole nitrogens is 1. The zero-order valence-electron chi connectivity index (χ0n) is 19.3. The van der Waals surface area contributed by atoms with E-state index in [0.717, 1.165) is 6.07 Å². The molecule has 1 aromatic carbocycles. The predicted molar refractivity (Wildman–Crippen MR) is 129 cm³/mol. The zero-order valence-corrected chi connectivity index (χ0v) is 19.3. The van der Waals surface area contributed by atoms with Crippen LogP contribution in [0.1, 0.15) is 23.1 Å². The molecule has 4 heterocycles. The van der Waals surface area contributed by atoms with Crippen LogP contribution in [0.2, 0.25) is 0 Å². The third-order valence-electron chi connectivity index (χ3n) is 6.33. The number of imidazole rings is 1. The van der Waals surface area contributed by atoms with Crippen LogP contribution in [0.15, 0.2) is 35.3 Å². The number of hydrogen-bond acceptors (Lipinski definition) is 8. The van der Waals surface area contributed by atoms with E-state index in [-0.39, 0.29) is 22.5 Å². The first-order valence-corrected chi connectivity index (χ1v) is 11.3. The number of pyridine rings is 2. The van der Waals surface area contributed by atoms with Gasteiger partial charge in [-0.3, -0.25) is 19.8 Å². The fourth-order valence-electron chi connectivity index (χ4n) is 4.46. The summed E-state index contributed by atoms with van der Waals surface area (Å²) < 4.78 is 16.6. The first-order valence-electron chi connectivity index (χ1n) is 11.3. The van der Waals surface area contributed by atoms with Crippen molar-refractivity contribution in [1.29, 1.82) is 0 Å². The van der Waals surface area contributed by atoms with Crippen LogP contribution >= 0.6 is 0 Å². The number of carboxylic acids is 1. The molecular weight excluding hydrogens is 473 g/mol. The molecule has 0 saturated carbocycles. The van der Waals surface area contributed by atoms with Crippen molar-refractivity contribution < 1.29 is 19.2 Å².